The van der Waals surface area contributed by atoms with Crippen molar-refractivity contribution < 1.29 is 0 Å². The van der Waals surface area contributed by atoms with Crippen LogP contribution in [0.15, 0.2) is 60.0 Å². The molecule has 0 radical (unpaired) electrons. The molecule has 4 aromatic heterocycles. The number of fused-ring (bicyclic) bond motifs is 1. The van der Waals surface area contributed by atoms with Crippen LogP contribution in [-0.4, -0.2) is 58.9 Å². The van der Waals surface area contributed by atoms with Gasteiger partial charge in [0.2, 0.25) is 0 Å². The molecule has 0 saturated carbocycles. The van der Waals surface area contributed by atoms with E-state index >= 15 is 0 Å². The standard InChI is InChI=1S/C21H22N8O/c30-20-15-23-8-11-28(20)13-12-27-9-5-16(6-10-27)21-25-24-19-4-3-18(26-29(19)21)17-2-1-7-22-14-17/h1-4,7-8,11,14-16H,5-6,9-10,12-13H2. The molecule has 0 N–H and O–H groups in total. The van der Waals surface area contributed by atoms with Crippen LogP contribution in [0.1, 0.15) is 24.6 Å². The molecular formula is C21H22N8O. The maximum Gasteiger partial charge on any atom is 0.269 e. The van der Waals surface area contributed by atoms with E-state index in [0.29, 0.717) is 12.5 Å². The van der Waals surface area contributed by atoms with Gasteiger partial charge in [-0.1, -0.05) is 0 Å². The number of rotatable bonds is 5. The Bertz CT molecular complexity index is 1190. The van der Waals surface area contributed by atoms with E-state index in [9.17, 15) is 4.79 Å². The van der Waals surface area contributed by atoms with Crippen LogP contribution < -0.4 is 5.56 Å². The van der Waals surface area contributed by atoms with Crippen molar-refractivity contribution in [1.82, 2.24) is 39.2 Å². The summed E-state index contributed by atoms with van der Waals surface area (Å²) in [5.41, 5.74) is 2.53. The molecule has 1 saturated heterocycles. The minimum absolute atomic E-state index is 0.0576. The lowest BCUT2D eigenvalue weighted by atomic mass is 9.96. The first-order valence-electron chi connectivity index (χ1n) is 10.1. The van der Waals surface area contributed by atoms with Crippen molar-refractivity contribution in [2.45, 2.75) is 25.3 Å². The van der Waals surface area contributed by atoms with Gasteiger partial charge in [-0.25, -0.2) is 0 Å². The van der Waals surface area contributed by atoms with Gasteiger partial charge < -0.3 is 9.47 Å². The highest BCUT2D eigenvalue weighted by molar-refractivity contribution is 5.58. The molecule has 4 aromatic rings. The van der Waals surface area contributed by atoms with E-state index in [1.54, 1.807) is 23.2 Å². The van der Waals surface area contributed by atoms with Crippen LogP contribution in [-0.2, 0) is 6.54 Å². The van der Waals surface area contributed by atoms with Crippen LogP contribution >= 0.6 is 0 Å². The SMILES string of the molecule is O=c1cnccn1CCN1CCC(c2nnc3ccc(-c4cccnc4)nn23)CC1. The Balaban J connectivity index is 1.28. The van der Waals surface area contributed by atoms with Crippen LogP contribution in [0, 0.1) is 0 Å². The van der Waals surface area contributed by atoms with Crippen LogP contribution in [0.2, 0.25) is 0 Å². The zero-order valence-electron chi connectivity index (χ0n) is 16.5. The minimum atomic E-state index is -0.0576. The summed E-state index contributed by atoms with van der Waals surface area (Å²) < 4.78 is 3.58. The molecule has 30 heavy (non-hydrogen) atoms. The Labute approximate surface area is 173 Å². The normalized spacial score (nSPS) is 15.6. The maximum atomic E-state index is 11.8. The number of hydrogen-bond donors (Lipinski definition) is 0. The van der Waals surface area contributed by atoms with Gasteiger partial charge in [-0.05, 0) is 50.2 Å². The van der Waals surface area contributed by atoms with E-state index in [0.717, 1.165) is 55.2 Å². The zero-order chi connectivity index (χ0) is 20.3. The number of nitrogens with zero attached hydrogens (tertiary/aromatic N) is 8. The molecule has 9 nitrogen and oxygen atoms in total. The van der Waals surface area contributed by atoms with Crippen molar-refractivity contribution in [3.8, 4) is 11.3 Å². The van der Waals surface area contributed by atoms with E-state index in [1.807, 2.05) is 35.0 Å². The highest BCUT2D eigenvalue weighted by Gasteiger charge is 2.25. The van der Waals surface area contributed by atoms with E-state index in [1.165, 1.54) is 6.20 Å². The number of piperidine rings is 1. The third-order valence-electron chi connectivity index (χ3n) is 5.65. The number of likely N-dealkylation sites (tertiary alicyclic amines) is 1. The molecule has 152 valence electrons. The van der Waals surface area contributed by atoms with Gasteiger partial charge in [0.05, 0.1) is 11.9 Å². The third kappa shape index (κ3) is 3.71. The number of aromatic nitrogens is 7. The highest BCUT2D eigenvalue weighted by Crippen LogP contribution is 2.27. The summed E-state index contributed by atoms with van der Waals surface area (Å²) in [6.45, 7) is 3.44. The molecule has 0 unspecified atom stereocenters. The summed E-state index contributed by atoms with van der Waals surface area (Å²) in [7, 11) is 0. The molecule has 1 fully saturated rings. The number of pyridine rings is 1. The molecule has 5 heterocycles. The molecule has 9 heteroatoms. The summed E-state index contributed by atoms with van der Waals surface area (Å²) in [5, 5.41) is 13.5. The van der Waals surface area contributed by atoms with Crippen LogP contribution in [0.25, 0.3) is 16.9 Å². The summed E-state index contributed by atoms with van der Waals surface area (Å²) >= 11 is 0. The fraction of sp³-hybridized carbons (Fsp3) is 0.333. The van der Waals surface area contributed by atoms with E-state index in [2.05, 4.69) is 25.1 Å². The monoisotopic (exact) mass is 402 g/mol. The summed E-state index contributed by atoms with van der Waals surface area (Å²) in [6, 6.07) is 7.81. The maximum absolute atomic E-state index is 11.8. The fourth-order valence-electron chi connectivity index (χ4n) is 3.95. The van der Waals surface area contributed by atoms with Gasteiger partial charge in [0.1, 0.15) is 0 Å². The van der Waals surface area contributed by atoms with Crippen molar-refractivity contribution in [1.29, 1.82) is 0 Å². The van der Waals surface area contributed by atoms with Gasteiger partial charge in [0, 0.05) is 49.4 Å². The number of hydrogen-bond acceptors (Lipinski definition) is 7. The first-order chi connectivity index (χ1) is 14.8. The van der Waals surface area contributed by atoms with E-state index < -0.39 is 0 Å². The van der Waals surface area contributed by atoms with Crippen molar-refractivity contribution >= 4 is 5.65 Å². The Kier molecular flexibility index (Phi) is 5.02. The second-order valence-electron chi connectivity index (χ2n) is 7.51. The Morgan fingerprint density at radius 2 is 1.83 bits per heavy atom. The van der Waals surface area contributed by atoms with Gasteiger partial charge in [-0.3, -0.25) is 14.8 Å². The quantitative estimate of drug-likeness (QED) is 0.501. The van der Waals surface area contributed by atoms with Crippen molar-refractivity contribution in [2.24, 2.45) is 0 Å². The largest absolute Gasteiger partial charge is 0.311 e. The average molecular weight is 402 g/mol. The Hall–Kier alpha value is -3.46. The summed E-state index contributed by atoms with van der Waals surface area (Å²) in [5.74, 6) is 1.23. The molecule has 0 amide bonds. The van der Waals surface area contributed by atoms with Gasteiger partial charge in [-0.2, -0.15) is 9.61 Å². The first kappa shape index (κ1) is 18.6. The van der Waals surface area contributed by atoms with Gasteiger partial charge in [0.25, 0.3) is 5.56 Å². The second-order valence-corrected chi connectivity index (χ2v) is 7.51. The Morgan fingerprint density at radius 1 is 0.967 bits per heavy atom. The molecule has 0 atom stereocenters. The molecule has 0 bridgehead atoms. The van der Waals surface area contributed by atoms with Crippen molar-refractivity contribution in [3.05, 3.63) is 71.4 Å². The average Bonchev–Trinajstić information content (AvgIpc) is 3.23. The molecule has 0 spiro atoms. The fourth-order valence-corrected chi connectivity index (χ4v) is 3.95. The van der Waals surface area contributed by atoms with E-state index in [4.69, 9.17) is 5.10 Å². The highest BCUT2D eigenvalue weighted by atomic mass is 16.1. The van der Waals surface area contributed by atoms with Gasteiger partial charge in [-0.15, -0.1) is 10.2 Å². The molecule has 0 aliphatic carbocycles. The molecule has 1 aliphatic heterocycles. The lowest BCUT2D eigenvalue weighted by molar-refractivity contribution is 0.201. The van der Waals surface area contributed by atoms with E-state index in [-0.39, 0.29) is 5.56 Å². The molecule has 5 rings (SSSR count). The third-order valence-corrected chi connectivity index (χ3v) is 5.65. The predicted octanol–water partition coefficient (Wildman–Crippen LogP) is 1.62. The topological polar surface area (TPSA) is 94.1 Å². The minimum Gasteiger partial charge on any atom is -0.311 e. The predicted molar refractivity (Wildman–Crippen MR) is 111 cm³/mol. The lowest BCUT2D eigenvalue weighted by Crippen LogP contribution is -2.37. The first-order valence-corrected chi connectivity index (χ1v) is 10.1. The van der Waals surface area contributed by atoms with Crippen molar-refractivity contribution in [3.63, 3.8) is 0 Å². The zero-order valence-corrected chi connectivity index (χ0v) is 16.5. The van der Waals surface area contributed by atoms with Gasteiger partial charge >= 0.3 is 0 Å². The summed E-state index contributed by atoms with van der Waals surface area (Å²) in [6.07, 6.45) is 10.3. The molecule has 0 aromatic carbocycles. The van der Waals surface area contributed by atoms with Crippen molar-refractivity contribution in [2.75, 3.05) is 19.6 Å². The lowest BCUT2D eigenvalue weighted by Gasteiger charge is -2.31. The molecular weight excluding hydrogens is 380 g/mol. The van der Waals surface area contributed by atoms with Crippen LogP contribution in [0.4, 0.5) is 0 Å². The smallest absolute Gasteiger partial charge is 0.269 e. The van der Waals surface area contributed by atoms with Crippen LogP contribution in [0.5, 0.6) is 0 Å². The van der Waals surface area contributed by atoms with Gasteiger partial charge in [0.15, 0.2) is 11.5 Å². The summed E-state index contributed by atoms with van der Waals surface area (Å²) in [4.78, 5) is 22.2. The molecule has 1 aliphatic rings. The Morgan fingerprint density at radius 3 is 2.63 bits per heavy atom. The second kappa shape index (κ2) is 8.11. The van der Waals surface area contributed by atoms with Crippen LogP contribution in [0.3, 0.4) is 0 Å².